The quantitative estimate of drug-likeness (QED) is 0.689. The molecule has 0 saturated carbocycles. The third-order valence-corrected chi connectivity index (χ3v) is 4.50. The molecule has 3 aromatic rings. The number of carbonyl (C=O) groups excluding carboxylic acids is 1. The molecule has 1 aliphatic rings. The molecule has 1 saturated heterocycles. The summed E-state index contributed by atoms with van der Waals surface area (Å²) < 4.78 is 24.3. The van der Waals surface area contributed by atoms with E-state index in [0.29, 0.717) is 24.7 Å². The van der Waals surface area contributed by atoms with Gasteiger partial charge in [0.1, 0.15) is 0 Å². The fourth-order valence-electron chi connectivity index (χ4n) is 3.04. The predicted octanol–water partition coefficient (Wildman–Crippen LogP) is 3.62. The first-order valence-electron chi connectivity index (χ1n) is 8.67. The Morgan fingerprint density at radius 3 is 2.78 bits per heavy atom. The summed E-state index contributed by atoms with van der Waals surface area (Å²) in [6, 6.07) is 13.9. The van der Waals surface area contributed by atoms with Gasteiger partial charge in [-0.25, -0.2) is 4.39 Å². The van der Waals surface area contributed by atoms with Crippen LogP contribution in [-0.2, 0) is 11.4 Å². The summed E-state index contributed by atoms with van der Waals surface area (Å²) in [7, 11) is 0. The van der Waals surface area contributed by atoms with Crippen LogP contribution in [0, 0.1) is 12.7 Å². The zero-order chi connectivity index (χ0) is 18.8. The van der Waals surface area contributed by atoms with Crippen LogP contribution >= 0.6 is 0 Å². The molecular formula is C20H18FN3O3. The molecule has 7 heteroatoms. The lowest BCUT2D eigenvalue weighted by molar-refractivity contribution is -0.117. The molecule has 1 atom stereocenters. The zero-order valence-electron chi connectivity index (χ0n) is 14.8. The van der Waals surface area contributed by atoms with Crippen molar-refractivity contribution < 1.29 is 18.4 Å². The van der Waals surface area contributed by atoms with E-state index < -0.39 is 5.82 Å². The van der Waals surface area contributed by atoms with Crippen molar-refractivity contribution in [1.29, 1.82) is 0 Å². The second-order valence-corrected chi connectivity index (χ2v) is 6.51. The molecule has 0 aliphatic carbocycles. The molecular weight excluding hydrogens is 349 g/mol. The number of carbonyl (C=O) groups is 1. The molecule has 27 heavy (non-hydrogen) atoms. The summed E-state index contributed by atoms with van der Waals surface area (Å²) in [5, 5.41) is 3.88. The molecule has 1 aromatic heterocycles. The Morgan fingerprint density at radius 1 is 1.22 bits per heavy atom. The standard InChI is InChI=1S/C20H18FN3O3/c1-13-6-8-15(9-7-13)24-11-14(10-19(24)25)20-22-18(23-27-20)12-26-17-5-3-2-4-16(17)21/h2-9,14H,10-12H2,1H3. The van der Waals surface area contributed by atoms with Gasteiger partial charge in [0.15, 0.2) is 18.2 Å². The molecule has 138 valence electrons. The molecule has 1 aliphatic heterocycles. The van der Waals surface area contributed by atoms with E-state index in [4.69, 9.17) is 9.26 Å². The topological polar surface area (TPSA) is 68.5 Å². The molecule has 0 N–H and O–H groups in total. The highest BCUT2D eigenvalue weighted by molar-refractivity contribution is 5.96. The number of ether oxygens (including phenoxy) is 1. The summed E-state index contributed by atoms with van der Waals surface area (Å²) in [6.07, 6.45) is 0.309. The Morgan fingerprint density at radius 2 is 2.00 bits per heavy atom. The Balaban J connectivity index is 1.42. The first kappa shape index (κ1) is 17.2. The summed E-state index contributed by atoms with van der Waals surface area (Å²) >= 11 is 0. The largest absolute Gasteiger partial charge is 0.482 e. The summed E-state index contributed by atoms with van der Waals surface area (Å²) in [5.41, 5.74) is 1.99. The molecule has 1 fully saturated rings. The second kappa shape index (κ2) is 7.19. The number of aromatic nitrogens is 2. The predicted molar refractivity (Wildman–Crippen MR) is 95.9 cm³/mol. The highest BCUT2D eigenvalue weighted by atomic mass is 19.1. The number of hydrogen-bond acceptors (Lipinski definition) is 5. The van der Waals surface area contributed by atoms with Gasteiger partial charge in [-0.2, -0.15) is 4.98 Å². The minimum Gasteiger partial charge on any atom is -0.482 e. The molecule has 6 nitrogen and oxygen atoms in total. The molecule has 0 bridgehead atoms. The number of benzene rings is 2. The number of halogens is 1. The molecule has 1 unspecified atom stereocenters. The number of hydrogen-bond donors (Lipinski definition) is 0. The van der Waals surface area contributed by atoms with Crippen LogP contribution in [0.4, 0.5) is 10.1 Å². The maximum atomic E-state index is 13.6. The number of para-hydroxylation sites is 1. The number of nitrogens with zero attached hydrogens (tertiary/aromatic N) is 3. The van der Waals surface area contributed by atoms with Crippen molar-refractivity contribution in [3.05, 3.63) is 71.6 Å². The van der Waals surface area contributed by atoms with E-state index in [1.54, 1.807) is 17.0 Å². The highest BCUT2D eigenvalue weighted by Gasteiger charge is 2.35. The van der Waals surface area contributed by atoms with E-state index in [9.17, 15) is 9.18 Å². The van der Waals surface area contributed by atoms with Crippen LogP contribution in [0.1, 0.15) is 29.6 Å². The minimum atomic E-state index is -0.448. The smallest absolute Gasteiger partial charge is 0.232 e. The van der Waals surface area contributed by atoms with Crippen LogP contribution in [0.2, 0.25) is 0 Å². The van der Waals surface area contributed by atoms with Crippen LogP contribution in [0.3, 0.4) is 0 Å². The van der Waals surface area contributed by atoms with Crippen LogP contribution in [0.25, 0.3) is 0 Å². The lowest BCUT2D eigenvalue weighted by Gasteiger charge is -2.16. The lowest BCUT2D eigenvalue weighted by atomic mass is 10.1. The van der Waals surface area contributed by atoms with Gasteiger partial charge in [-0.3, -0.25) is 4.79 Å². The Kier molecular flexibility index (Phi) is 4.58. The van der Waals surface area contributed by atoms with Crippen LogP contribution in [0.5, 0.6) is 5.75 Å². The van der Waals surface area contributed by atoms with Gasteiger partial charge in [-0.15, -0.1) is 0 Å². The van der Waals surface area contributed by atoms with Crippen molar-refractivity contribution in [2.24, 2.45) is 0 Å². The Hall–Kier alpha value is -3.22. The summed E-state index contributed by atoms with van der Waals surface area (Å²) in [6.45, 7) is 2.48. The van der Waals surface area contributed by atoms with Crippen molar-refractivity contribution >= 4 is 11.6 Å². The van der Waals surface area contributed by atoms with Crippen molar-refractivity contribution in [2.45, 2.75) is 25.9 Å². The maximum Gasteiger partial charge on any atom is 0.232 e. The minimum absolute atomic E-state index is 0.00717. The highest BCUT2D eigenvalue weighted by Crippen LogP contribution is 2.31. The van der Waals surface area contributed by atoms with Gasteiger partial charge in [0.25, 0.3) is 0 Å². The van der Waals surface area contributed by atoms with E-state index in [2.05, 4.69) is 10.1 Å². The van der Waals surface area contributed by atoms with Gasteiger partial charge in [0.05, 0.1) is 5.92 Å². The van der Waals surface area contributed by atoms with Gasteiger partial charge in [-0.1, -0.05) is 35.0 Å². The molecule has 0 radical (unpaired) electrons. The second-order valence-electron chi connectivity index (χ2n) is 6.51. The first-order chi connectivity index (χ1) is 13.1. The average molecular weight is 367 g/mol. The van der Waals surface area contributed by atoms with Crippen molar-refractivity contribution in [3.63, 3.8) is 0 Å². The summed E-state index contributed by atoms with van der Waals surface area (Å²) in [5.74, 6) is 0.237. The van der Waals surface area contributed by atoms with E-state index in [1.165, 1.54) is 12.1 Å². The molecule has 2 aromatic carbocycles. The zero-order valence-corrected chi connectivity index (χ0v) is 14.8. The van der Waals surface area contributed by atoms with E-state index in [0.717, 1.165) is 11.3 Å². The van der Waals surface area contributed by atoms with E-state index >= 15 is 0 Å². The Labute approximate surface area is 155 Å². The third kappa shape index (κ3) is 3.67. The molecule has 1 amide bonds. The van der Waals surface area contributed by atoms with Crippen molar-refractivity contribution in [2.75, 3.05) is 11.4 Å². The molecule has 2 heterocycles. The normalized spacial score (nSPS) is 16.7. The summed E-state index contributed by atoms with van der Waals surface area (Å²) in [4.78, 5) is 18.4. The monoisotopic (exact) mass is 367 g/mol. The maximum absolute atomic E-state index is 13.6. The van der Waals surface area contributed by atoms with Crippen LogP contribution in [0.15, 0.2) is 53.1 Å². The number of anilines is 1. The van der Waals surface area contributed by atoms with E-state index in [1.807, 2.05) is 31.2 Å². The van der Waals surface area contributed by atoms with Gasteiger partial charge >= 0.3 is 0 Å². The first-order valence-corrected chi connectivity index (χ1v) is 8.67. The van der Waals surface area contributed by atoms with Gasteiger partial charge in [0, 0.05) is 18.7 Å². The SMILES string of the molecule is Cc1ccc(N2CC(c3nc(COc4ccccc4F)no3)CC2=O)cc1. The van der Waals surface area contributed by atoms with Crippen LogP contribution in [-0.4, -0.2) is 22.6 Å². The lowest BCUT2D eigenvalue weighted by Crippen LogP contribution is -2.24. The van der Waals surface area contributed by atoms with Crippen LogP contribution < -0.4 is 9.64 Å². The molecule has 4 rings (SSSR count). The average Bonchev–Trinajstić information content (AvgIpc) is 3.28. The fraction of sp³-hybridized carbons (Fsp3) is 0.250. The number of aryl methyl sites for hydroxylation is 1. The number of rotatable bonds is 5. The van der Waals surface area contributed by atoms with E-state index in [-0.39, 0.29) is 24.2 Å². The van der Waals surface area contributed by atoms with Crippen molar-refractivity contribution in [1.82, 2.24) is 10.1 Å². The van der Waals surface area contributed by atoms with Gasteiger partial charge in [-0.05, 0) is 31.2 Å². The fourth-order valence-corrected chi connectivity index (χ4v) is 3.04. The Bertz CT molecular complexity index is 955. The van der Waals surface area contributed by atoms with Crippen molar-refractivity contribution in [3.8, 4) is 5.75 Å². The van der Waals surface area contributed by atoms with Gasteiger partial charge < -0.3 is 14.2 Å². The number of amides is 1. The third-order valence-electron chi connectivity index (χ3n) is 4.50. The van der Waals surface area contributed by atoms with Gasteiger partial charge in [0.2, 0.25) is 17.6 Å². The molecule has 0 spiro atoms.